The molecule has 79 valence electrons. The molecule has 0 spiro atoms. The highest BCUT2D eigenvalue weighted by atomic mass is 16.3. The van der Waals surface area contributed by atoms with E-state index in [0.29, 0.717) is 5.92 Å². The van der Waals surface area contributed by atoms with Gasteiger partial charge in [0.05, 0.1) is 12.5 Å². The van der Waals surface area contributed by atoms with Crippen LogP contribution in [0.2, 0.25) is 0 Å². The van der Waals surface area contributed by atoms with Crippen molar-refractivity contribution in [3.63, 3.8) is 0 Å². The minimum absolute atomic E-state index is 0.564. The molecule has 1 rings (SSSR count). The SMILES string of the molecule is CCC[C](CCC)C(C)c1ccoc1. The summed E-state index contributed by atoms with van der Waals surface area (Å²) in [4.78, 5) is 0. The number of furan rings is 1. The zero-order chi connectivity index (χ0) is 10.4. The summed E-state index contributed by atoms with van der Waals surface area (Å²) in [5.41, 5.74) is 1.32. The van der Waals surface area contributed by atoms with E-state index in [2.05, 4.69) is 26.8 Å². The monoisotopic (exact) mass is 193 g/mol. The molecule has 1 atom stereocenters. The lowest BCUT2D eigenvalue weighted by Crippen LogP contribution is -2.06. The van der Waals surface area contributed by atoms with E-state index in [9.17, 15) is 0 Å². The summed E-state index contributed by atoms with van der Waals surface area (Å²) in [5.74, 6) is 2.23. The second-order valence-electron chi connectivity index (χ2n) is 3.94. The maximum atomic E-state index is 5.13. The average Bonchev–Trinajstić information content (AvgIpc) is 2.69. The van der Waals surface area contributed by atoms with Crippen LogP contribution in [0.1, 0.15) is 57.9 Å². The van der Waals surface area contributed by atoms with E-state index in [-0.39, 0.29) is 0 Å². The molecule has 0 saturated carbocycles. The first-order valence-corrected chi connectivity index (χ1v) is 5.66. The first-order valence-electron chi connectivity index (χ1n) is 5.66. The first kappa shape index (κ1) is 11.4. The Bertz CT molecular complexity index is 219. The largest absolute Gasteiger partial charge is 0.472 e. The van der Waals surface area contributed by atoms with Crippen LogP contribution in [0.4, 0.5) is 0 Å². The van der Waals surface area contributed by atoms with Crippen LogP contribution in [-0.4, -0.2) is 0 Å². The summed E-state index contributed by atoms with van der Waals surface area (Å²) in [6.45, 7) is 6.78. The van der Waals surface area contributed by atoms with E-state index in [1.54, 1.807) is 12.2 Å². The van der Waals surface area contributed by atoms with Crippen molar-refractivity contribution in [2.24, 2.45) is 0 Å². The molecule has 1 aromatic rings. The van der Waals surface area contributed by atoms with Crippen molar-refractivity contribution in [1.29, 1.82) is 0 Å². The maximum Gasteiger partial charge on any atom is 0.0937 e. The summed E-state index contributed by atoms with van der Waals surface area (Å²) in [6.07, 6.45) is 8.63. The predicted molar refractivity (Wildman–Crippen MR) is 60.2 cm³/mol. The zero-order valence-electron chi connectivity index (χ0n) is 9.55. The molecule has 1 nitrogen and oxygen atoms in total. The Hall–Kier alpha value is -0.720. The van der Waals surface area contributed by atoms with E-state index in [1.807, 2.05) is 6.26 Å². The highest BCUT2D eigenvalue weighted by molar-refractivity contribution is 5.20. The standard InChI is InChI=1S/C13H21O/c1-4-6-12(7-5-2)11(3)13-8-9-14-10-13/h8-11H,4-7H2,1-3H3. The van der Waals surface area contributed by atoms with Crippen LogP contribution in [0, 0.1) is 5.92 Å². The van der Waals surface area contributed by atoms with Crippen LogP contribution < -0.4 is 0 Å². The predicted octanol–water partition coefficient (Wildman–Crippen LogP) is 4.56. The minimum Gasteiger partial charge on any atom is -0.472 e. The van der Waals surface area contributed by atoms with Crippen LogP contribution in [0.5, 0.6) is 0 Å². The molecule has 0 aliphatic heterocycles. The van der Waals surface area contributed by atoms with Gasteiger partial charge in [-0.05, 0) is 36.3 Å². The molecule has 0 fully saturated rings. The van der Waals surface area contributed by atoms with Gasteiger partial charge in [0.2, 0.25) is 0 Å². The van der Waals surface area contributed by atoms with Crippen molar-refractivity contribution in [2.75, 3.05) is 0 Å². The third-order valence-electron chi connectivity index (χ3n) is 2.80. The summed E-state index contributed by atoms with van der Waals surface area (Å²) in [5, 5.41) is 0. The van der Waals surface area contributed by atoms with Gasteiger partial charge in [-0.2, -0.15) is 0 Å². The normalized spacial score (nSPS) is 13.4. The van der Waals surface area contributed by atoms with E-state index in [1.165, 1.54) is 31.2 Å². The lowest BCUT2D eigenvalue weighted by molar-refractivity contribution is 0.551. The van der Waals surface area contributed by atoms with Gasteiger partial charge in [-0.1, -0.05) is 33.6 Å². The van der Waals surface area contributed by atoms with Gasteiger partial charge in [0.1, 0.15) is 0 Å². The molecule has 0 aliphatic rings. The summed E-state index contributed by atoms with van der Waals surface area (Å²) < 4.78 is 5.13. The molecular formula is C13H21O. The van der Waals surface area contributed by atoms with Crippen LogP contribution in [0.3, 0.4) is 0 Å². The number of hydrogen-bond acceptors (Lipinski definition) is 1. The number of rotatable bonds is 6. The fourth-order valence-electron chi connectivity index (χ4n) is 1.96. The first-order chi connectivity index (χ1) is 6.79. The van der Waals surface area contributed by atoms with E-state index >= 15 is 0 Å². The second-order valence-corrected chi connectivity index (χ2v) is 3.94. The van der Waals surface area contributed by atoms with E-state index in [4.69, 9.17) is 4.42 Å². The van der Waals surface area contributed by atoms with Gasteiger partial charge in [-0.3, -0.25) is 0 Å². The van der Waals surface area contributed by atoms with Crippen molar-refractivity contribution in [3.8, 4) is 0 Å². The van der Waals surface area contributed by atoms with Crippen molar-refractivity contribution < 1.29 is 4.42 Å². The minimum atomic E-state index is 0.564. The molecule has 0 saturated heterocycles. The van der Waals surface area contributed by atoms with Crippen molar-refractivity contribution >= 4 is 0 Å². The van der Waals surface area contributed by atoms with Gasteiger partial charge >= 0.3 is 0 Å². The molecule has 0 N–H and O–H groups in total. The summed E-state index contributed by atoms with van der Waals surface area (Å²) in [6, 6.07) is 2.08. The molecule has 1 heteroatoms. The van der Waals surface area contributed by atoms with Gasteiger partial charge in [0.15, 0.2) is 0 Å². The number of hydrogen-bond donors (Lipinski definition) is 0. The third kappa shape index (κ3) is 2.90. The van der Waals surface area contributed by atoms with Gasteiger partial charge in [-0.25, -0.2) is 0 Å². The Morgan fingerprint density at radius 1 is 1.29 bits per heavy atom. The quantitative estimate of drug-likeness (QED) is 0.645. The fourth-order valence-corrected chi connectivity index (χ4v) is 1.96. The summed E-state index contributed by atoms with van der Waals surface area (Å²) >= 11 is 0. The molecule has 0 aromatic carbocycles. The summed E-state index contributed by atoms with van der Waals surface area (Å²) in [7, 11) is 0. The smallest absolute Gasteiger partial charge is 0.0937 e. The Balaban J connectivity index is 2.58. The molecule has 1 radical (unpaired) electrons. The average molecular weight is 193 g/mol. The van der Waals surface area contributed by atoms with Gasteiger partial charge in [0, 0.05) is 0 Å². The van der Waals surface area contributed by atoms with Crippen molar-refractivity contribution in [2.45, 2.75) is 52.4 Å². The Labute approximate surface area is 87.5 Å². The molecule has 0 amide bonds. The van der Waals surface area contributed by atoms with Crippen LogP contribution in [-0.2, 0) is 0 Å². The Morgan fingerprint density at radius 3 is 2.36 bits per heavy atom. The Morgan fingerprint density at radius 2 is 1.93 bits per heavy atom. The zero-order valence-corrected chi connectivity index (χ0v) is 9.55. The molecule has 0 aliphatic carbocycles. The van der Waals surface area contributed by atoms with Crippen molar-refractivity contribution in [1.82, 2.24) is 0 Å². The lowest BCUT2D eigenvalue weighted by atomic mass is 9.83. The van der Waals surface area contributed by atoms with Gasteiger partial charge < -0.3 is 4.42 Å². The lowest BCUT2D eigenvalue weighted by Gasteiger charge is -2.21. The molecule has 14 heavy (non-hydrogen) atoms. The van der Waals surface area contributed by atoms with Crippen LogP contribution in [0.15, 0.2) is 23.0 Å². The fraction of sp³-hybridized carbons (Fsp3) is 0.615. The van der Waals surface area contributed by atoms with Crippen LogP contribution >= 0.6 is 0 Å². The molecule has 1 heterocycles. The van der Waals surface area contributed by atoms with Gasteiger partial charge in [0.25, 0.3) is 0 Å². The molecule has 1 aromatic heterocycles. The van der Waals surface area contributed by atoms with Gasteiger partial charge in [-0.15, -0.1) is 0 Å². The molecular weight excluding hydrogens is 172 g/mol. The Kier molecular flexibility index (Phi) is 4.78. The topological polar surface area (TPSA) is 13.1 Å². The van der Waals surface area contributed by atoms with E-state index < -0.39 is 0 Å². The third-order valence-corrected chi connectivity index (χ3v) is 2.80. The van der Waals surface area contributed by atoms with Crippen LogP contribution in [0.25, 0.3) is 0 Å². The highest BCUT2D eigenvalue weighted by Gasteiger charge is 2.18. The second kappa shape index (κ2) is 5.90. The molecule has 1 unspecified atom stereocenters. The maximum absolute atomic E-state index is 5.13. The van der Waals surface area contributed by atoms with Crippen molar-refractivity contribution in [3.05, 3.63) is 30.1 Å². The molecule has 0 bridgehead atoms. The van der Waals surface area contributed by atoms with E-state index in [0.717, 1.165) is 0 Å². The highest BCUT2D eigenvalue weighted by Crippen LogP contribution is 2.33.